The van der Waals surface area contributed by atoms with Crippen LogP contribution in [0.2, 0.25) is 0 Å². The van der Waals surface area contributed by atoms with Crippen LogP contribution in [0.25, 0.3) is 0 Å². The van der Waals surface area contributed by atoms with Gasteiger partial charge in [-0.1, -0.05) is 18.2 Å². The fraction of sp³-hybridized carbons (Fsp3) is 0.417. The smallest absolute Gasteiger partial charge is 0.223 e. The summed E-state index contributed by atoms with van der Waals surface area (Å²) in [6.07, 6.45) is 0.566. The van der Waals surface area contributed by atoms with Crippen molar-refractivity contribution < 1.29 is 15.0 Å². The molecule has 1 aromatic rings. The predicted octanol–water partition coefficient (Wildman–Crippen LogP) is 0.528. The Labute approximate surface area is 94.1 Å². The third-order valence-corrected chi connectivity index (χ3v) is 2.81. The molecule has 1 aliphatic rings. The van der Waals surface area contributed by atoms with Crippen molar-refractivity contribution in [3.8, 4) is 5.75 Å². The number of aliphatic hydroxyl groups excluding tert-OH is 1. The van der Waals surface area contributed by atoms with Crippen molar-refractivity contribution in [2.45, 2.75) is 18.9 Å². The van der Waals surface area contributed by atoms with E-state index in [1.807, 2.05) is 12.1 Å². The van der Waals surface area contributed by atoms with Gasteiger partial charge in [-0.3, -0.25) is 4.79 Å². The van der Waals surface area contributed by atoms with Crippen LogP contribution in [-0.4, -0.2) is 40.2 Å². The molecule has 86 valence electrons. The van der Waals surface area contributed by atoms with E-state index in [2.05, 4.69) is 0 Å². The quantitative estimate of drug-likeness (QED) is 0.782. The lowest BCUT2D eigenvalue weighted by Crippen LogP contribution is -2.53. The molecular weight excluding hydrogens is 206 g/mol. The second kappa shape index (κ2) is 4.53. The van der Waals surface area contributed by atoms with E-state index >= 15 is 0 Å². The van der Waals surface area contributed by atoms with E-state index in [-0.39, 0.29) is 17.8 Å². The summed E-state index contributed by atoms with van der Waals surface area (Å²) in [5, 5.41) is 18.6. The number of carbonyl (C=O) groups is 1. The topological polar surface area (TPSA) is 60.8 Å². The summed E-state index contributed by atoms with van der Waals surface area (Å²) in [4.78, 5) is 13.2. The minimum absolute atomic E-state index is 0.0357. The Morgan fingerprint density at radius 2 is 2.06 bits per heavy atom. The molecule has 4 heteroatoms. The predicted molar refractivity (Wildman–Crippen MR) is 59.0 cm³/mol. The molecule has 1 saturated heterocycles. The van der Waals surface area contributed by atoms with Crippen LogP contribution in [0.1, 0.15) is 12.0 Å². The number of β-amino-alcohol motifs (C(OH)–C–C–N with tert-alkyl or cyclic N) is 1. The van der Waals surface area contributed by atoms with Gasteiger partial charge in [0.1, 0.15) is 5.75 Å². The van der Waals surface area contributed by atoms with Crippen molar-refractivity contribution in [2.24, 2.45) is 0 Å². The molecule has 1 heterocycles. The fourth-order valence-corrected chi connectivity index (χ4v) is 1.78. The number of aliphatic hydroxyl groups is 1. The molecule has 0 atom stereocenters. The highest BCUT2D eigenvalue weighted by Gasteiger charge is 2.28. The molecule has 0 aliphatic carbocycles. The summed E-state index contributed by atoms with van der Waals surface area (Å²) in [6, 6.07) is 7.03. The number of aromatic hydroxyl groups is 1. The molecule has 1 amide bonds. The van der Waals surface area contributed by atoms with Crippen molar-refractivity contribution in [2.75, 3.05) is 13.1 Å². The minimum Gasteiger partial charge on any atom is -0.508 e. The third kappa shape index (κ3) is 2.33. The Hall–Kier alpha value is -1.55. The lowest BCUT2D eigenvalue weighted by Gasteiger charge is -2.35. The summed E-state index contributed by atoms with van der Waals surface area (Å²) in [5.41, 5.74) is 0.789. The van der Waals surface area contributed by atoms with E-state index in [0.29, 0.717) is 25.9 Å². The average Bonchev–Trinajstić information content (AvgIpc) is 2.23. The standard InChI is InChI=1S/C12H15NO3/c14-10-7-13(8-10)12(16)6-5-9-3-1-2-4-11(9)15/h1-4,10,14-15H,5-8H2. The molecule has 2 N–H and O–H groups in total. The first kappa shape index (κ1) is 11.0. The number of phenolic OH excluding ortho intramolecular Hbond substituents is 1. The van der Waals surface area contributed by atoms with Gasteiger partial charge in [0.05, 0.1) is 6.10 Å². The number of hydrogen-bond acceptors (Lipinski definition) is 3. The molecule has 2 rings (SSSR count). The van der Waals surface area contributed by atoms with Gasteiger partial charge >= 0.3 is 0 Å². The average molecular weight is 221 g/mol. The third-order valence-electron chi connectivity index (χ3n) is 2.81. The molecule has 0 unspecified atom stereocenters. The number of nitrogens with zero attached hydrogens (tertiary/aromatic N) is 1. The number of benzene rings is 1. The largest absolute Gasteiger partial charge is 0.508 e. The first-order valence-electron chi connectivity index (χ1n) is 5.39. The number of hydrogen-bond donors (Lipinski definition) is 2. The van der Waals surface area contributed by atoms with Crippen LogP contribution in [0.4, 0.5) is 0 Å². The van der Waals surface area contributed by atoms with Crippen LogP contribution >= 0.6 is 0 Å². The minimum atomic E-state index is -0.353. The highest BCUT2D eigenvalue weighted by atomic mass is 16.3. The first-order chi connectivity index (χ1) is 7.66. The summed E-state index contributed by atoms with van der Waals surface area (Å²) in [7, 11) is 0. The van der Waals surface area contributed by atoms with Crippen molar-refractivity contribution in [1.82, 2.24) is 4.90 Å². The van der Waals surface area contributed by atoms with Crippen LogP contribution in [0.3, 0.4) is 0 Å². The molecule has 0 spiro atoms. The van der Waals surface area contributed by atoms with Crippen molar-refractivity contribution in [3.63, 3.8) is 0 Å². The summed E-state index contributed by atoms with van der Waals surface area (Å²) >= 11 is 0. The number of aryl methyl sites for hydroxylation is 1. The van der Waals surface area contributed by atoms with Crippen LogP contribution in [0, 0.1) is 0 Å². The van der Waals surface area contributed by atoms with Crippen molar-refractivity contribution >= 4 is 5.91 Å². The molecule has 1 aliphatic heterocycles. The second-order valence-electron chi connectivity index (χ2n) is 4.08. The van der Waals surface area contributed by atoms with Crippen LogP contribution in [0.5, 0.6) is 5.75 Å². The van der Waals surface area contributed by atoms with Crippen molar-refractivity contribution in [3.05, 3.63) is 29.8 Å². The maximum absolute atomic E-state index is 11.6. The zero-order valence-corrected chi connectivity index (χ0v) is 8.97. The van der Waals surface area contributed by atoms with Gasteiger partial charge in [0.2, 0.25) is 5.91 Å². The molecule has 0 radical (unpaired) electrons. The fourth-order valence-electron chi connectivity index (χ4n) is 1.78. The lowest BCUT2D eigenvalue weighted by atomic mass is 10.1. The van der Waals surface area contributed by atoms with Crippen LogP contribution in [-0.2, 0) is 11.2 Å². The van der Waals surface area contributed by atoms with E-state index in [4.69, 9.17) is 5.11 Å². The van der Waals surface area contributed by atoms with Gasteiger partial charge in [0.15, 0.2) is 0 Å². The number of rotatable bonds is 3. The Morgan fingerprint density at radius 3 is 2.69 bits per heavy atom. The van der Waals surface area contributed by atoms with Gasteiger partial charge in [-0.15, -0.1) is 0 Å². The van der Waals surface area contributed by atoms with E-state index in [0.717, 1.165) is 5.56 Å². The molecule has 0 bridgehead atoms. The van der Waals surface area contributed by atoms with Gasteiger partial charge in [-0.2, -0.15) is 0 Å². The number of likely N-dealkylation sites (tertiary alicyclic amines) is 1. The normalized spacial score (nSPS) is 15.9. The van der Waals surface area contributed by atoms with Crippen molar-refractivity contribution in [1.29, 1.82) is 0 Å². The first-order valence-corrected chi connectivity index (χ1v) is 5.39. The molecule has 0 saturated carbocycles. The molecular formula is C12H15NO3. The lowest BCUT2D eigenvalue weighted by molar-refractivity contribution is -0.141. The number of carbonyl (C=O) groups excluding carboxylic acids is 1. The maximum atomic E-state index is 11.6. The number of phenols is 1. The van der Waals surface area contributed by atoms with E-state index in [9.17, 15) is 9.90 Å². The summed E-state index contributed by atoms with van der Waals surface area (Å²) in [5.74, 6) is 0.271. The molecule has 4 nitrogen and oxygen atoms in total. The monoisotopic (exact) mass is 221 g/mol. The van der Waals surface area contributed by atoms with Gasteiger partial charge in [0, 0.05) is 19.5 Å². The Bertz CT molecular complexity index is 386. The number of amides is 1. The molecule has 1 aromatic carbocycles. The molecule has 0 aromatic heterocycles. The molecule has 1 fully saturated rings. The van der Waals surface area contributed by atoms with Crippen LogP contribution < -0.4 is 0 Å². The summed E-state index contributed by atoms with van der Waals surface area (Å²) in [6.45, 7) is 0.888. The zero-order chi connectivity index (χ0) is 11.5. The number of para-hydroxylation sites is 1. The van der Waals surface area contributed by atoms with E-state index < -0.39 is 0 Å². The van der Waals surface area contributed by atoms with Crippen LogP contribution in [0.15, 0.2) is 24.3 Å². The highest BCUT2D eigenvalue weighted by Crippen LogP contribution is 2.18. The Balaban J connectivity index is 1.83. The van der Waals surface area contributed by atoms with E-state index in [1.54, 1.807) is 17.0 Å². The molecule has 16 heavy (non-hydrogen) atoms. The van der Waals surface area contributed by atoms with Gasteiger partial charge in [-0.05, 0) is 18.1 Å². The Morgan fingerprint density at radius 1 is 1.38 bits per heavy atom. The maximum Gasteiger partial charge on any atom is 0.223 e. The Kier molecular flexibility index (Phi) is 3.10. The highest BCUT2D eigenvalue weighted by molar-refractivity contribution is 5.77. The van der Waals surface area contributed by atoms with Gasteiger partial charge in [-0.25, -0.2) is 0 Å². The second-order valence-corrected chi connectivity index (χ2v) is 4.08. The SMILES string of the molecule is O=C(CCc1ccccc1O)N1CC(O)C1. The van der Waals surface area contributed by atoms with E-state index in [1.165, 1.54) is 0 Å². The summed E-state index contributed by atoms with van der Waals surface area (Å²) < 4.78 is 0. The van der Waals surface area contributed by atoms with Gasteiger partial charge in [0.25, 0.3) is 0 Å². The zero-order valence-electron chi connectivity index (χ0n) is 8.97. The van der Waals surface area contributed by atoms with Gasteiger partial charge < -0.3 is 15.1 Å².